The van der Waals surface area contributed by atoms with Gasteiger partial charge >= 0.3 is 0 Å². The molecule has 0 fully saturated rings. The van der Waals surface area contributed by atoms with Crippen LogP contribution in [0.1, 0.15) is 15.9 Å². The molecule has 0 spiro atoms. The van der Waals surface area contributed by atoms with Gasteiger partial charge in [-0.3, -0.25) is 4.79 Å². The summed E-state index contributed by atoms with van der Waals surface area (Å²) in [4.78, 5) is 11.1. The molecule has 5 heteroatoms. The quantitative estimate of drug-likeness (QED) is 0.688. The van der Waals surface area contributed by atoms with Gasteiger partial charge in [0.2, 0.25) is 0 Å². The minimum Gasteiger partial charge on any atom is -0.298 e. The van der Waals surface area contributed by atoms with E-state index in [1.54, 1.807) is 16.8 Å². The lowest BCUT2D eigenvalue weighted by Crippen LogP contribution is -2.03. The van der Waals surface area contributed by atoms with Crippen molar-refractivity contribution in [1.29, 1.82) is 0 Å². The molecule has 0 aliphatic rings. The lowest BCUT2D eigenvalue weighted by atomic mass is 10.2. The second-order valence-electron chi connectivity index (χ2n) is 4.21. The molecule has 0 atom stereocenters. The molecule has 1 aromatic heterocycles. The van der Waals surface area contributed by atoms with Crippen molar-refractivity contribution >= 4 is 28.9 Å². The predicted molar refractivity (Wildman–Crippen MR) is 73.5 cm³/mol. The van der Waals surface area contributed by atoms with Gasteiger partial charge in [0.25, 0.3) is 0 Å². The van der Waals surface area contributed by atoms with E-state index in [4.69, 9.17) is 11.6 Å². The lowest BCUT2D eigenvalue weighted by molar-refractivity contribution is 0.112. The molecule has 1 heterocycles. The molecule has 3 aromatic rings. The molecule has 0 radical (unpaired) electrons. The highest BCUT2D eigenvalue weighted by Gasteiger charge is 2.09. The van der Waals surface area contributed by atoms with Crippen LogP contribution in [-0.2, 0) is 6.54 Å². The molecule has 0 saturated carbocycles. The standard InChI is InChI=1S/C14H10ClN3O/c15-12-6-4-10(5-7-12)8-18-14-11(9-19)2-1-3-13(14)16-17-18/h1-7,9H,8H2. The monoisotopic (exact) mass is 271 g/mol. The molecule has 3 rings (SSSR count). The largest absolute Gasteiger partial charge is 0.298 e. The highest BCUT2D eigenvalue weighted by atomic mass is 35.5. The SMILES string of the molecule is O=Cc1cccc2nnn(Cc3ccc(Cl)cc3)c12. The summed E-state index contributed by atoms with van der Waals surface area (Å²) in [6, 6.07) is 12.9. The minimum absolute atomic E-state index is 0.554. The van der Waals surface area contributed by atoms with Crippen LogP contribution in [-0.4, -0.2) is 21.3 Å². The fourth-order valence-corrected chi connectivity index (χ4v) is 2.15. The van der Waals surface area contributed by atoms with Gasteiger partial charge in [0.05, 0.1) is 12.1 Å². The summed E-state index contributed by atoms with van der Waals surface area (Å²) in [7, 11) is 0. The summed E-state index contributed by atoms with van der Waals surface area (Å²) in [6.07, 6.45) is 0.823. The number of hydrogen-bond donors (Lipinski definition) is 0. The van der Waals surface area contributed by atoms with E-state index < -0.39 is 0 Å². The minimum atomic E-state index is 0.554. The number of rotatable bonds is 3. The normalized spacial score (nSPS) is 10.8. The van der Waals surface area contributed by atoms with E-state index in [1.807, 2.05) is 30.3 Å². The third kappa shape index (κ3) is 2.22. The van der Waals surface area contributed by atoms with Crippen LogP contribution in [0.3, 0.4) is 0 Å². The molecule has 4 nitrogen and oxygen atoms in total. The topological polar surface area (TPSA) is 47.8 Å². The van der Waals surface area contributed by atoms with Crippen molar-refractivity contribution in [3.05, 3.63) is 58.6 Å². The summed E-state index contributed by atoms with van der Waals surface area (Å²) in [5, 5.41) is 8.86. The van der Waals surface area contributed by atoms with E-state index in [0.717, 1.165) is 22.9 Å². The van der Waals surface area contributed by atoms with Crippen molar-refractivity contribution in [1.82, 2.24) is 15.0 Å². The van der Waals surface area contributed by atoms with Gasteiger partial charge in [-0.25, -0.2) is 4.68 Å². The zero-order valence-corrected chi connectivity index (χ0v) is 10.7. The Labute approximate surface area is 114 Å². The molecular formula is C14H10ClN3O. The second-order valence-corrected chi connectivity index (χ2v) is 4.64. The van der Waals surface area contributed by atoms with Crippen LogP contribution in [0.4, 0.5) is 0 Å². The number of halogens is 1. The molecule has 0 aliphatic heterocycles. The first kappa shape index (κ1) is 11.9. The van der Waals surface area contributed by atoms with Gasteiger partial charge in [-0.15, -0.1) is 5.10 Å². The molecule has 0 unspecified atom stereocenters. The van der Waals surface area contributed by atoms with Gasteiger partial charge in [-0.05, 0) is 29.8 Å². The molecule has 94 valence electrons. The van der Waals surface area contributed by atoms with Gasteiger partial charge in [0.1, 0.15) is 5.52 Å². The average molecular weight is 272 g/mol. The fraction of sp³-hybridized carbons (Fsp3) is 0.0714. The summed E-state index contributed by atoms with van der Waals surface area (Å²) in [6.45, 7) is 0.554. The Balaban J connectivity index is 2.05. The number of aldehydes is 1. The Morgan fingerprint density at radius 3 is 2.68 bits per heavy atom. The number of fused-ring (bicyclic) bond motifs is 1. The lowest BCUT2D eigenvalue weighted by Gasteiger charge is -2.04. The van der Waals surface area contributed by atoms with Gasteiger partial charge < -0.3 is 0 Å². The van der Waals surface area contributed by atoms with Crippen LogP contribution in [0, 0.1) is 0 Å². The zero-order valence-electron chi connectivity index (χ0n) is 9.95. The first-order valence-electron chi connectivity index (χ1n) is 5.80. The number of hydrogen-bond acceptors (Lipinski definition) is 3. The van der Waals surface area contributed by atoms with E-state index in [-0.39, 0.29) is 0 Å². The number of aromatic nitrogens is 3. The molecular weight excluding hydrogens is 262 g/mol. The number of carbonyl (C=O) groups excluding carboxylic acids is 1. The van der Waals surface area contributed by atoms with Crippen molar-refractivity contribution in [2.24, 2.45) is 0 Å². The second kappa shape index (κ2) is 4.82. The molecule has 0 amide bonds. The van der Waals surface area contributed by atoms with Crippen LogP contribution >= 0.6 is 11.6 Å². The first-order chi connectivity index (χ1) is 9.28. The Morgan fingerprint density at radius 1 is 1.16 bits per heavy atom. The molecule has 2 aromatic carbocycles. The summed E-state index contributed by atoms with van der Waals surface area (Å²) < 4.78 is 1.72. The zero-order chi connectivity index (χ0) is 13.2. The van der Waals surface area contributed by atoms with Gasteiger partial charge in [0.15, 0.2) is 6.29 Å². The van der Waals surface area contributed by atoms with Gasteiger partial charge in [0, 0.05) is 10.6 Å². The highest BCUT2D eigenvalue weighted by Crippen LogP contribution is 2.17. The maximum Gasteiger partial charge on any atom is 0.152 e. The van der Waals surface area contributed by atoms with E-state index >= 15 is 0 Å². The van der Waals surface area contributed by atoms with Crippen LogP contribution in [0.5, 0.6) is 0 Å². The van der Waals surface area contributed by atoms with Crippen molar-refractivity contribution in [2.75, 3.05) is 0 Å². The maximum atomic E-state index is 11.1. The van der Waals surface area contributed by atoms with E-state index in [0.29, 0.717) is 17.1 Å². The first-order valence-corrected chi connectivity index (χ1v) is 6.17. The fourth-order valence-electron chi connectivity index (χ4n) is 2.03. The van der Waals surface area contributed by atoms with Crippen LogP contribution in [0.25, 0.3) is 11.0 Å². The van der Waals surface area contributed by atoms with E-state index in [2.05, 4.69) is 10.3 Å². The van der Waals surface area contributed by atoms with Gasteiger partial charge in [-0.2, -0.15) is 0 Å². The Morgan fingerprint density at radius 2 is 1.95 bits per heavy atom. The molecule has 0 N–H and O–H groups in total. The Bertz CT molecular complexity index is 734. The van der Waals surface area contributed by atoms with E-state index in [1.165, 1.54) is 0 Å². The Hall–Kier alpha value is -2.20. The summed E-state index contributed by atoms with van der Waals surface area (Å²) in [5.74, 6) is 0. The number of para-hydroxylation sites is 1. The number of nitrogens with zero attached hydrogens (tertiary/aromatic N) is 3. The smallest absolute Gasteiger partial charge is 0.152 e. The van der Waals surface area contributed by atoms with Crippen molar-refractivity contribution in [3.8, 4) is 0 Å². The Kier molecular flexibility index (Phi) is 3.01. The number of carbonyl (C=O) groups is 1. The van der Waals surface area contributed by atoms with Crippen LogP contribution in [0.15, 0.2) is 42.5 Å². The molecule has 0 saturated heterocycles. The summed E-state index contributed by atoms with van der Waals surface area (Å²) >= 11 is 5.86. The predicted octanol–water partition coefficient (Wildman–Crippen LogP) is 2.95. The van der Waals surface area contributed by atoms with Crippen molar-refractivity contribution in [2.45, 2.75) is 6.54 Å². The average Bonchev–Trinajstić information content (AvgIpc) is 2.85. The van der Waals surface area contributed by atoms with Crippen molar-refractivity contribution < 1.29 is 4.79 Å². The maximum absolute atomic E-state index is 11.1. The van der Waals surface area contributed by atoms with Crippen molar-refractivity contribution in [3.63, 3.8) is 0 Å². The molecule has 0 bridgehead atoms. The van der Waals surface area contributed by atoms with E-state index in [9.17, 15) is 4.79 Å². The van der Waals surface area contributed by atoms with Crippen LogP contribution < -0.4 is 0 Å². The third-order valence-electron chi connectivity index (χ3n) is 2.94. The number of benzene rings is 2. The third-order valence-corrected chi connectivity index (χ3v) is 3.19. The molecule has 19 heavy (non-hydrogen) atoms. The molecule has 0 aliphatic carbocycles. The highest BCUT2D eigenvalue weighted by molar-refractivity contribution is 6.30. The van der Waals surface area contributed by atoms with Crippen LogP contribution in [0.2, 0.25) is 5.02 Å². The summed E-state index contributed by atoms with van der Waals surface area (Å²) in [5.41, 5.74) is 3.12. The van der Waals surface area contributed by atoms with Gasteiger partial charge in [-0.1, -0.05) is 35.0 Å².